The molecule has 0 aliphatic carbocycles. The van der Waals surface area contributed by atoms with Gasteiger partial charge in [-0.1, -0.05) is 98.0 Å². The van der Waals surface area contributed by atoms with E-state index >= 15 is 0 Å². The van der Waals surface area contributed by atoms with Crippen molar-refractivity contribution < 1.29 is 9.59 Å². The first-order chi connectivity index (χ1) is 17.2. The van der Waals surface area contributed by atoms with Crippen molar-refractivity contribution in [3.8, 4) is 0 Å². The number of nitrogens with one attached hydrogen (secondary N) is 2. The van der Waals surface area contributed by atoms with Crippen LogP contribution in [0, 0.1) is 0 Å². The molecule has 0 aliphatic heterocycles. The maximum atomic E-state index is 11.9. The number of rotatable bonds is 18. The molecule has 0 unspecified atom stereocenters. The Hall–Kier alpha value is -3.40. The van der Waals surface area contributed by atoms with Gasteiger partial charge in [-0.3, -0.25) is 9.59 Å². The van der Waals surface area contributed by atoms with Crippen LogP contribution >= 0.6 is 0 Å². The summed E-state index contributed by atoms with van der Waals surface area (Å²) in [5, 5.41) is 5.62. The molecule has 188 valence electrons. The highest BCUT2D eigenvalue weighted by Crippen LogP contribution is 1.99. The summed E-state index contributed by atoms with van der Waals surface area (Å²) < 4.78 is 0. The molecule has 0 aromatic heterocycles. The van der Waals surface area contributed by atoms with Crippen molar-refractivity contribution in [3.63, 3.8) is 0 Å². The number of hydrogen-bond acceptors (Lipinski definition) is 2. The second-order valence-electron chi connectivity index (χ2n) is 7.93. The largest absolute Gasteiger partial charge is 0.354 e. The monoisotopic (exact) mass is 474 g/mol. The Kier molecular flexibility index (Phi) is 19.0. The van der Waals surface area contributed by atoms with Crippen molar-refractivity contribution in [1.82, 2.24) is 10.6 Å². The number of hydrogen-bond donors (Lipinski definition) is 2. The summed E-state index contributed by atoms with van der Waals surface area (Å²) in [6.45, 7) is 3.00. The SMILES string of the molecule is CC/C=C\C/C=C\C/C=C\C/C=C\C/C=C\C/C=C\CCC(=O)NCCNC(=O)c1ccccc1. The molecule has 0 aliphatic rings. The minimum Gasteiger partial charge on any atom is -0.354 e. The van der Waals surface area contributed by atoms with Crippen LogP contribution < -0.4 is 10.6 Å². The second kappa shape index (κ2) is 22.4. The van der Waals surface area contributed by atoms with Crippen molar-refractivity contribution in [1.29, 1.82) is 0 Å². The lowest BCUT2D eigenvalue weighted by molar-refractivity contribution is -0.120. The Bertz CT molecular complexity index is 861. The molecular weight excluding hydrogens is 432 g/mol. The highest BCUT2D eigenvalue weighted by atomic mass is 16.2. The summed E-state index contributed by atoms with van der Waals surface area (Å²) in [5.74, 6) is -0.128. The van der Waals surface area contributed by atoms with Crippen LogP contribution in [-0.2, 0) is 4.79 Å². The topological polar surface area (TPSA) is 58.2 Å². The lowest BCUT2D eigenvalue weighted by atomic mass is 10.2. The van der Waals surface area contributed by atoms with E-state index in [1.165, 1.54) is 0 Å². The van der Waals surface area contributed by atoms with Crippen LogP contribution in [0.1, 0.15) is 68.6 Å². The van der Waals surface area contributed by atoms with Crippen LogP contribution in [0.2, 0.25) is 0 Å². The number of amides is 2. The van der Waals surface area contributed by atoms with Crippen LogP contribution in [0.4, 0.5) is 0 Å². The molecule has 0 atom stereocenters. The summed E-state index contributed by atoms with van der Waals surface area (Å²) in [4.78, 5) is 23.8. The Labute approximate surface area is 212 Å². The number of allylic oxidation sites excluding steroid dienone is 12. The molecule has 1 aromatic carbocycles. The Morgan fingerprint density at radius 2 is 1.09 bits per heavy atom. The number of benzene rings is 1. The fourth-order valence-electron chi connectivity index (χ4n) is 3.01. The maximum absolute atomic E-state index is 11.9. The van der Waals surface area contributed by atoms with Gasteiger partial charge in [0.15, 0.2) is 0 Å². The minimum atomic E-state index is -0.127. The molecule has 4 heteroatoms. The third-order valence-electron chi connectivity index (χ3n) is 4.90. The van der Waals surface area contributed by atoms with Crippen LogP contribution in [0.5, 0.6) is 0 Å². The van der Waals surface area contributed by atoms with Crippen molar-refractivity contribution in [3.05, 3.63) is 109 Å². The third kappa shape index (κ3) is 18.7. The molecule has 2 N–H and O–H groups in total. The maximum Gasteiger partial charge on any atom is 0.251 e. The number of carbonyl (C=O) groups excluding carboxylic acids is 2. The molecule has 35 heavy (non-hydrogen) atoms. The van der Waals surface area contributed by atoms with E-state index in [0.717, 1.165) is 38.5 Å². The van der Waals surface area contributed by atoms with Gasteiger partial charge in [0.1, 0.15) is 0 Å². The van der Waals surface area contributed by atoms with E-state index in [2.05, 4.69) is 84.4 Å². The second-order valence-corrected chi connectivity index (χ2v) is 7.93. The van der Waals surface area contributed by atoms with Crippen LogP contribution in [-0.4, -0.2) is 24.9 Å². The van der Waals surface area contributed by atoms with Gasteiger partial charge in [0.2, 0.25) is 5.91 Å². The molecule has 0 fully saturated rings. The quantitative estimate of drug-likeness (QED) is 0.178. The Morgan fingerprint density at radius 1 is 0.629 bits per heavy atom. The number of carbonyl (C=O) groups is 2. The predicted molar refractivity (Wildman–Crippen MR) is 149 cm³/mol. The van der Waals surface area contributed by atoms with Gasteiger partial charge in [-0.25, -0.2) is 0 Å². The molecular formula is C31H42N2O2. The average Bonchev–Trinajstić information content (AvgIpc) is 2.88. The first-order valence-electron chi connectivity index (χ1n) is 12.7. The van der Waals surface area contributed by atoms with E-state index in [-0.39, 0.29) is 11.8 Å². The fraction of sp³-hybridized carbons (Fsp3) is 0.355. The van der Waals surface area contributed by atoms with Gasteiger partial charge in [-0.2, -0.15) is 0 Å². The average molecular weight is 475 g/mol. The van der Waals surface area contributed by atoms with Crippen LogP contribution in [0.3, 0.4) is 0 Å². The molecule has 0 heterocycles. The molecule has 1 rings (SSSR count). The minimum absolute atomic E-state index is 0.00140. The van der Waals surface area contributed by atoms with Gasteiger partial charge in [0.05, 0.1) is 0 Å². The highest BCUT2D eigenvalue weighted by molar-refractivity contribution is 5.94. The lowest BCUT2D eigenvalue weighted by Gasteiger charge is -2.06. The van der Waals surface area contributed by atoms with E-state index in [1.807, 2.05) is 24.3 Å². The van der Waals surface area contributed by atoms with Gasteiger partial charge in [-0.05, 0) is 57.1 Å². The molecule has 4 nitrogen and oxygen atoms in total. The van der Waals surface area contributed by atoms with Crippen molar-refractivity contribution in [2.75, 3.05) is 13.1 Å². The van der Waals surface area contributed by atoms with Gasteiger partial charge in [0.25, 0.3) is 5.91 Å². The fourth-order valence-corrected chi connectivity index (χ4v) is 3.01. The standard InChI is InChI=1S/C31H42N2O2/c1-2-3-4-5-6-7-8-9-10-11-12-13-14-15-16-17-18-19-23-26-30(34)32-27-28-33-31(35)29-24-21-20-22-25-29/h3-4,6-7,9-10,12-13,15-16,18-22,24-25H,2,5,8,11,14,17,23,26-28H2,1H3,(H,32,34)(H,33,35)/b4-3-,7-6-,10-9-,13-12-,16-15-,19-18-. The van der Waals surface area contributed by atoms with E-state index in [0.29, 0.717) is 31.5 Å². The van der Waals surface area contributed by atoms with E-state index in [1.54, 1.807) is 12.1 Å². The summed E-state index contributed by atoms with van der Waals surface area (Å²) in [6.07, 6.45) is 33.1. The highest BCUT2D eigenvalue weighted by Gasteiger charge is 2.03. The zero-order valence-corrected chi connectivity index (χ0v) is 21.2. The first kappa shape index (κ1) is 29.6. The van der Waals surface area contributed by atoms with Crippen molar-refractivity contribution in [2.24, 2.45) is 0 Å². The lowest BCUT2D eigenvalue weighted by Crippen LogP contribution is -2.34. The van der Waals surface area contributed by atoms with Gasteiger partial charge >= 0.3 is 0 Å². The van der Waals surface area contributed by atoms with Gasteiger partial charge in [-0.15, -0.1) is 0 Å². The molecule has 0 radical (unpaired) electrons. The van der Waals surface area contributed by atoms with Crippen LogP contribution in [0.25, 0.3) is 0 Å². The summed E-state index contributed by atoms with van der Waals surface area (Å²) in [7, 11) is 0. The first-order valence-corrected chi connectivity index (χ1v) is 12.7. The Balaban J connectivity index is 1.96. The normalized spacial score (nSPS) is 12.3. The van der Waals surface area contributed by atoms with E-state index in [9.17, 15) is 9.59 Å². The molecule has 0 saturated heterocycles. The summed E-state index contributed by atoms with van der Waals surface area (Å²) in [5.41, 5.74) is 0.622. The van der Waals surface area contributed by atoms with Gasteiger partial charge < -0.3 is 10.6 Å². The molecule has 1 aromatic rings. The predicted octanol–water partition coefficient (Wildman–Crippen LogP) is 7.01. The molecule has 0 bridgehead atoms. The van der Waals surface area contributed by atoms with Gasteiger partial charge in [0, 0.05) is 25.1 Å². The summed E-state index contributed by atoms with van der Waals surface area (Å²) >= 11 is 0. The van der Waals surface area contributed by atoms with E-state index in [4.69, 9.17) is 0 Å². The third-order valence-corrected chi connectivity index (χ3v) is 4.90. The van der Waals surface area contributed by atoms with E-state index < -0.39 is 0 Å². The van der Waals surface area contributed by atoms with Crippen molar-refractivity contribution in [2.45, 2.75) is 58.3 Å². The Morgan fingerprint density at radius 3 is 1.60 bits per heavy atom. The smallest absolute Gasteiger partial charge is 0.251 e. The molecule has 2 amide bonds. The summed E-state index contributed by atoms with van der Waals surface area (Å²) in [6, 6.07) is 9.05. The van der Waals surface area contributed by atoms with Crippen molar-refractivity contribution >= 4 is 11.8 Å². The van der Waals surface area contributed by atoms with Crippen LogP contribution in [0.15, 0.2) is 103 Å². The molecule has 0 saturated carbocycles. The zero-order chi connectivity index (χ0) is 25.2. The molecule has 0 spiro atoms. The zero-order valence-electron chi connectivity index (χ0n) is 21.2.